The molecule has 11 heteroatoms. The Morgan fingerprint density at radius 1 is 1.17 bits per heavy atom. The van der Waals surface area contributed by atoms with Gasteiger partial charge in [0.15, 0.2) is 16.7 Å². The van der Waals surface area contributed by atoms with Gasteiger partial charge in [-0.15, -0.1) is 0 Å². The minimum Gasteiger partial charge on any atom is -0.377 e. The smallest absolute Gasteiger partial charge is 0.273 e. The van der Waals surface area contributed by atoms with E-state index in [4.69, 9.17) is 4.74 Å². The zero-order valence-corrected chi connectivity index (χ0v) is 17.3. The highest BCUT2D eigenvalue weighted by molar-refractivity contribution is 7.89. The fourth-order valence-electron chi connectivity index (χ4n) is 3.61. The van der Waals surface area contributed by atoms with Gasteiger partial charge in [-0.05, 0) is 25.1 Å². The van der Waals surface area contributed by atoms with Crippen LogP contribution in [0.2, 0.25) is 0 Å². The SMILES string of the molecule is Cn1c(C(=O)Nc2ccc(F)c(F)c2)c2ccn(C)c2c1S(=O)(=O)NC1(C)COC1. The van der Waals surface area contributed by atoms with Gasteiger partial charge in [0.2, 0.25) is 0 Å². The first-order valence-corrected chi connectivity index (χ1v) is 10.5. The van der Waals surface area contributed by atoms with E-state index in [1.54, 1.807) is 30.8 Å². The number of aryl methyl sites for hydroxylation is 1. The molecule has 2 aromatic heterocycles. The fourth-order valence-corrected chi connectivity index (χ4v) is 5.44. The van der Waals surface area contributed by atoms with Crippen LogP contribution in [-0.4, -0.2) is 42.2 Å². The average Bonchev–Trinajstić information content (AvgIpc) is 3.13. The molecule has 0 aliphatic carbocycles. The number of sulfonamides is 1. The summed E-state index contributed by atoms with van der Waals surface area (Å²) < 4.78 is 63.7. The highest BCUT2D eigenvalue weighted by Crippen LogP contribution is 2.31. The molecule has 1 fully saturated rings. The van der Waals surface area contributed by atoms with E-state index in [1.807, 2.05) is 0 Å². The van der Waals surface area contributed by atoms with Gasteiger partial charge in [0.05, 0.1) is 24.3 Å². The molecule has 1 aromatic carbocycles. The number of amides is 1. The molecule has 0 unspecified atom stereocenters. The van der Waals surface area contributed by atoms with Crippen molar-refractivity contribution in [2.75, 3.05) is 18.5 Å². The van der Waals surface area contributed by atoms with Crippen LogP contribution < -0.4 is 10.0 Å². The Bertz CT molecular complexity index is 1280. The number of anilines is 1. The predicted octanol–water partition coefficient (Wildman–Crippen LogP) is 2.11. The van der Waals surface area contributed by atoms with E-state index in [1.165, 1.54) is 17.7 Å². The molecule has 160 valence electrons. The summed E-state index contributed by atoms with van der Waals surface area (Å²) in [4.78, 5) is 13.0. The van der Waals surface area contributed by atoms with Gasteiger partial charge in [0, 0.05) is 37.4 Å². The normalized spacial score (nSPS) is 15.9. The summed E-state index contributed by atoms with van der Waals surface area (Å²) in [7, 11) is -0.864. The van der Waals surface area contributed by atoms with Crippen LogP contribution in [0.3, 0.4) is 0 Å². The van der Waals surface area contributed by atoms with Crippen LogP contribution in [0.5, 0.6) is 0 Å². The number of rotatable bonds is 5. The van der Waals surface area contributed by atoms with Crippen LogP contribution in [0.1, 0.15) is 17.4 Å². The van der Waals surface area contributed by atoms with Crippen molar-refractivity contribution in [3.63, 3.8) is 0 Å². The second-order valence-corrected chi connectivity index (χ2v) is 9.24. The maximum Gasteiger partial charge on any atom is 0.273 e. The summed E-state index contributed by atoms with van der Waals surface area (Å²) in [6.45, 7) is 2.22. The number of fused-ring (bicyclic) bond motifs is 1. The Balaban J connectivity index is 1.79. The van der Waals surface area contributed by atoms with Crippen LogP contribution in [-0.2, 0) is 28.9 Å². The standard InChI is InChI=1S/C19H20F2N4O4S/c1-19(9-29-10-19)23-30(27,28)18-16-12(6-7-24(16)2)15(25(18)3)17(26)22-11-4-5-13(20)14(21)8-11/h4-8,23H,9-10H2,1-3H3,(H,22,26). The maximum atomic E-state index is 13.5. The van der Waals surface area contributed by atoms with Crippen molar-refractivity contribution in [2.45, 2.75) is 17.5 Å². The molecule has 0 atom stereocenters. The molecule has 1 aliphatic heterocycles. The van der Waals surface area contributed by atoms with Crippen molar-refractivity contribution in [1.29, 1.82) is 0 Å². The molecule has 0 radical (unpaired) electrons. The first-order valence-electron chi connectivity index (χ1n) is 9.04. The molecule has 1 amide bonds. The number of aromatic nitrogens is 2. The molecule has 1 saturated heterocycles. The maximum absolute atomic E-state index is 13.5. The molecular formula is C19H20F2N4O4S. The number of ether oxygens (including phenoxy) is 1. The number of hydrogen-bond donors (Lipinski definition) is 2. The molecule has 4 rings (SSSR count). The molecule has 2 N–H and O–H groups in total. The second kappa shape index (κ2) is 6.89. The van der Waals surface area contributed by atoms with E-state index in [-0.39, 0.29) is 29.6 Å². The number of benzene rings is 1. The van der Waals surface area contributed by atoms with Gasteiger partial charge in [-0.3, -0.25) is 4.79 Å². The number of nitrogens with one attached hydrogen (secondary N) is 2. The molecule has 30 heavy (non-hydrogen) atoms. The molecule has 1 aliphatic rings. The number of carbonyl (C=O) groups is 1. The highest BCUT2D eigenvalue weighted by atomic mass is 32.2. The number of hydrogen-bond acceptors (Lipinski definition) is 4. The van der Waals surface area contributed by atoms with E-state index < -0.39 is 33.1 Å². The summed E-state index contributed by atoms with van der Waals surface area (Å²) in [6.07, 6.45) is 1.65. The molecular weight excluding hydrogens is 418 g/mol. The van der Waals surface area contributed by atoms with Crippen LogP contribution in [0.15, 0.2) is 35.5 Å². The summed E-state index contributed by atoms with van der Waals surface area (Å²) in [5, 5.41) is 2.83. The van der Waals surface area contributed by atoms with Crippen molar-refractivity contribution in [2.24, 2.45) is 14.1 Å². The predicted molar refractivity (Wildman–Crippen MR) is 106 cm³/mol. The third kappa shape index (κ3) is 3.28. The van der Waals surface area contributed by atoms with E-state index in [9.17, 15) is 22.0 Å². The lowest BCUT2D eigenvalue weighted by Gasteiger charge is -2.38. The number of nitrogens with zero attached hydrogens (tertiary/aromatic N) is 2. The third-order valence-corrected chi connectivity index (χ3v) is 6.78. The monoisotopic (exact) mass is 438 g/mol. The zero-order valence-electron chi connectivity index (χ0n) is 16.5. The average molecular weight is 438 g/mol. The quantitative estimate of drug-likeness (QED) is 0.638. The van der Waals surface area contributed by atoms with E-state index in [2.05, 4.69) is 10.0 Å². The highest BCUT2D eigenvalue weighted by Gasteiger charge is 2.40. The third-order valence-electron chi connectivity index (χ3n) is 5.04. The molecule has 0 spiro atoms. The number of carbonyl (C=O) groups excluding carboxylic acids is 1. The lowest BCUT2D eigenvalue weighted by Crippen LogP contribution is -2.59. The van der Waals surface area contributed by atoms with E-state index in [0.717, 1.165) is 12.1 Å². The van der Waals surface area contributed by atoms with Gasteiger partial charge < -0.3 is 19.2 Å². The minimum absolute atomic E-state index is 0.0471. The Labute approximate surface area is 171 Å². The zero-order chi connectivity index (χ0) is 21.8. The Kier molecular flexibility index (Phi) is 4.71. The van der Waals surface area contributed by atoms with Gasteiger partial charge in [-0.25, -0.2) is 17.2 Å². The van der Waals surface area contributed by atoms with Crippen molar-refractivity contribution in [3.05, 3.63) is 47.8 Å². The molecule has 3 heterocycles. The van der Waals surface area contributed by atoms with Crippen molar-refractivity contribution >= 4 is 32.5 Å². The first-order chi connectivity index (χ1) is 14.0. The van der Waals surface area contributed by atoms with Crippen LogP contribution in [0.25, 0.3) is 10.9 Å². The summed E-state index contributed by atoms with van der Waals surface area (Å²) >= 11 is 0. The van der Waals surface area contributed by atoms with Crippen LogP contribution in [0.4, 0.5) is 14.5 Å². The van der Waals surface area contributed by atoms with Crippen LogP contribution in [0, 0.1) is 11.6 Å². The van der Waals surface area contributed by atoms with Gasteiger partial charge in [-0.2, -0.15) is 4.72 Å². The molecule has 3 aromatic rings. The Morgan fingerprint density at radius 3 is 2.47 bits per heavy atom. The van der Waals surface area contributed by atoms with Gasteiger partial charge >= 0.3 is 0 Å². The lowest BCUT2D eigenvalue weighted by molar-refractivity contribution is -0.0523. The molecule has 0 saturated carbocycles. The minimum atomic E-state index is -4.00. The van der Waals surface area contributed by atoms with Crippen LogP contribution >= 0.6 is 0 Å². The van der Waals surface area contributed by atoms with Crippen molar-refractivity contribution in [1.82, 2.24) is 13.9 Å². The first kappa shape index (κ1) is 20.5. The fraction of sp³-hybridized carbons (Fsp3) is 0.316. The molecule has 8 nitrogen and oxygen atoms in total. The van der Waals surface area contributed by atoms with Crippen molar-refractivity contribution < 1.29 is 26.7 Å². The van der Waals surface area contributed by atoms with Gasteiger partial charge in [0.1, 0.15) is 5.69 Å². The number of halogens is 2. The van der Waals surface area contributed by atoms with Gasteiger partial charge in [0.25, 0.3) is 15.9 Å². The topological polar surface area (TPSA) is 94.4 Å². The van der Waals surface area contributed by atoms with Gasteiger partial charge in [-0.1, -0.05) is 0 Å². The second-order valence-electron chi connectivity index (χ2n) is 7.64. The van der Waals surface area contributed by atoms with E-state index in [0.29, 0.717) is 10.9 Å². The summed E-state index contributed by atoms with van der Waals surface area (Å²) in [5.41, 5.74) is -0.255. The molecule has 0 bridgehead atoms. The summed E-state index contributed by atoms with van der Waals surface area (Å²) in [6, 6.07) is 4.60. The Morgan fingerprint density at radius 2 is 1.87 bits per heavy atom. The summed E-state index contributed by atoms with van der Waals surface area (Å²) in [5.74, 6) is -2.79. The van der Waals surface area contributed by atoms with Crippen molar-refractivity contribution in [3.8, 4) is 0 Å². The lowest BCUT2D eigenvalue weighted by atomic mass is 10.0. The Hall–Kier alpha value is -2.76. The van der Waals surface area contributed by atoms with E-state index >= 15 is 0 Å². The largest absolute Gasteiger partial charge is 0.377 e.